The van der Waals surface area contributed by atoms with Crippen molar-refractivity contribution in [3.63, 3.8) is 0 Å². The van der Waals surface area contributed by atoms with E-state index in [2.05, 4.69) is 5.43 Å². The molecule has 0 aliphatic rings. The van der Waals surface area contributed by atoms with Crippen LogP contribution >= 0.6 is 0 Å². The maximum absolute atomic E-state index is 11.1. The summed E-state index contributed by atoms with van der Waals surface area (Å²) < 4.78 is 0. The van der Waals surface area contributed by atoms with Gasteiger partial charge in [-0.1, -0.05) is 30.3 Å². The molecule has 0 aliphatic heterocycles. The molecule has 4 heteroatoms. The van der Waals surface area contributed by atoms with E-state index < -0.39 is 0 Å². The topological polar surface area (TPSA) is 49.4 Å². The number of amides is 1. The van der Waals surface area contributed by atoms with Crippen molar-refractivity contribution in [2.24, 2.45) is 0 Å². The van der Waals surface area contributed by atoms with E-state index in [0.29, 0.717) is 19.5 Å². The Morgan fingerprint density at radius 1 is 1.18 bits per heavy atom. The number of carbonyl (C=O) groups excluding carboxylic acids is 2. The zero-order valence-electron chi connectivity index (χ0n) is 10.3. The minimum Gasteiger partial charge on any atom is -0.300 e. The lowest BCUT2D eigenvalue weighted by Crippen LogP contribution is -2.41. The fraction of sp³-hybridized carbons (Fsp3) is 0.385. The molecule has 1 aromatic rings. The van der Waals surface area contributed by atoms with Crippen LogP contribution < -0.4 is 5.43 Å². The van der Waals surface area contributed by atoms with E-state index in [1.807, 2.05) is 30.3 Å². The molecular formula is C13H18N2O2. The van der Waals surface area contributed by atoms with Crippen molar-refractivity contribution in [2.75, 3.05) is 6.54 Å². The van der Waals surface area contributed by atoms with Crippen molar-refractivity contribution < 1.29 is 9.59 Å². The van der Waals surface area contributed by atoms with Gasteiger partial charge in [-0.25, -0.2) is 5.01 Å². The molecule has 0 bridgehead atoms. The normalized spacial score (nSPS) is 10.3. The third-order valence-electron chi connectivity index (χ3n) is 2.27. The Kier molecular flexibility index (Phi) is 5.36. The summed E-state index contributed by atoms with van der Waals surface area (Å²) in [6.45, 7) is 4.15. The van der Waals surface area contributed by atoms with Crippen LogP contribution in [0.25, 0.3) is 0 Å². The monoisotopic (exact) mass is 234 g/mol. The minimum absolute atomic E-state index is 0.119. The molecule has 1 N–H and O–H groups in total. The molecule has 0 aromatic heterocycles. The van der Waals surface area contributed by atoms with Gasteiger partial charge in [0.25, 0.3) is 0 Å². The first kappa shape index (κ1) is 13.4. The number of nitrogens with zero attached hydrogens (tertiary/aromatic N) is 1. The minimum atomic E-state index is -0.121. The van der Waals surface area contributed by atoms with Crippen molar-refractivity contribution in [3.05, 3.63) is 35.9 Å². The van der Waals surface area contributed by atoms with Crippen LogP contribution in [0, 0.1) is 0 Å². The van der Waals surface area contributed by atoms with Gasteiger partial charge in [-0.05, 0) is 12.5 Å². The number of hydrazine groups is 1. The zero-order valence-corrected chi connectivity index (χ0v) is 10.3. The van der Waals surface area contributed by atoms with E-state index in [4.69, 9.17) is 0 Å². The van der Waals surface area contributed by atoms with Gasteiger partial charge in [0.15, 0.2) is 0 Å². The van der Waals surface area contributed by atoms with Crippen molar-refractivity contribution >= 4 is 11.7 Å². The first-order valence-electron chi connectivity index (χ1n) is 5.63. The quantitative estimate of drug-likeness (QED) is 0.759. The summed E-state index contributed by atoms with van der Waals surface area (Å²) in [7, 11) is 0. The summed E-state index contributed by atoms with van der Waals surface area (Å²) in [4.78, 5) is 22.0. The summed E-state index contributed by atoms with van der Waals surface area (Å²) >= 11 is 0. The lowest BCUT2D eigenvalue weighted by atomic mass is 10.2. The van der Waals surface area contributed by atoms with Crippen LogP contribution in [-0.2, 0) is 16.1 Å². The van der Waals surface area contributed by atoms with Crippen molar-refractivity contribution in [1.29, 1.82) is 0 Å². The molecule has 4 nitrogen and oxygen atoms in total. The molecule has 1 amide bonds. The molecule has 0 heterocycles. The highest BCUT2D eigenvalue weighted by molar-refractivity contribution is 5.75. The first-order valence-corrected chi connectivity index (χ1v) is 5.63. The Morgan fingerprint density at radius 2 is 1.82 bits per heavy atom. The van der Waals surface area contributed by atoms with E-state index in [1.165, 1.54) is 6.92 Å². The first-order chi connectivity index (χ1) is 8.08. The van der Waals surface area contributed by atoms with Crippen LogP contribution in [0.3, 0.4) is 0 Å². The number of benzene rings is 1. The van der Waals surface area contributed by atoms with E-state index in [-0.39, 0.29) is 11.7 Å². The second kappa shape index (κ2) is 6.81. The van der Waals surface area contributed by atoms with Gasteiger partial charge >= 0.3 is 0 Å². The molecule has 0 spiro atoms. The molecule has 0 radical (unpaired) electrons. The number of Topliss-reactive ketones (excluding diaryl/α,β-unsaturated/α-hetero) is 1. The third kappa shape index (κ3) is 5.82. The molecule has 0 saturated heterocycles. The van der Waals surface area contributed by atoms with Crippen LogP contribution in [0.5, 0.6) is 0 Å². The Labute approximate surface area is 102 Å². The lowest BCUT2D eigenvalue weighted by Gasteiger charge is -2.21. The van der Waals surface area contributed by atoms with Gasteiger partial charge in [0.05, 0.1) is 0 Å². The van der Waals surface area contributed by atoms with Crippen LogP contribution in [0.1, 0.15) is 25.8 Å². The van der Waals surface area contributed by atoms with E-state index >= 15 is 0 Å². The summed E-state index contributed by atoms with van der Waals surface area (Å²) in [6.07, 6.45) is 0.438. The van der Waals surface area contributed by atoms with Gasteiger partial charge in [0.2, 0.25) is 5.91 Å². The van der Waals surface area contributed by atoms with Gasteiger partial charge in [-0.3, -0.25) is 15.0 Å². The van der Waals surface area contributed by atoms with Crippen LogP contribution in [0.4, 0.5) is 0 Å². The highest BCUT2D eigenvalue weighted by Gasteiger charge is 2.08. The molecule has 0 atom stereocenters. The fourth-order valence-corrected chi connectivity index (χ4v) is 1.49. The number of hydrogen-bond donors (Lipinski definition) is 1. The number of carbonyl (C=O) groups is 2. The van der Waals surface area contributed by atoms with Crippen LogP contribution in [0.2, 0.25) is 0 Å². The highest BCUT2D eigenvalue weighted by Crippen LogP contribution is 2.03. The Balaban J connectivity index is 2.56. The summed E-state index contributed by atoms with van der Waals surface area (Å²) in [6, 6.07) is 9.82. The number of hydrogen-bond acceptors (Lipinski definition) is 3. The predicted octanol–water partition coefficient (Wildman–Crippen LogP) is 1.52. The smallest absolute Gasteiger partial charge is 0.231 e. The average Bonchev–Trinajstić information content (AvgIpc) is 2.26. The largest absolute Gasteiger partial charge is 0.300 e. The standard InChI is InChI=1S/C13H18N2O2/c1-11(16)8-9-15(14-12(2)17)10-13-6-4-3-5-7-13/h3-7H,8-10H2,1-2H3,(H,14,17). The average molecular weight is 234 g/mol. The highest BCUT2D eigenvalue weighted by atomic mass is 16.2. The molecule has 0 fully saturated rings. The molecule has 0 aliphatic carbocycles. The molecule has 0 unspecified atom stereocenters. The SMILES string of the molecule is CC(=O)CCN(Cc1ccccc1)NC(C)=O. The van der Waals surface area contributed by atoms with E-state index in [1.54, 1.807) is 11.9 Å². The Hall–Kier alpha value is -1.68. The molecule has 92 valence electrons. The molecular weight excluding hydrogens is 216 g/mol. The number of ketones is 1. The van der Waals surface area contributed by atoms with Gasteiger partial charge in [0, 0.05) is 26.4 Å². The summed E-state index contributed by atoms with van der Waals surface area (Å²) in [5.41, 5.74) is 3.83. The van der Waals surface area contributed by atoms with E-state index in [0.717, 1.165) is 5.56 Å². The Morgan fingerprint density at radius 3 is 2.35 bits per heavy atom. The van der Waals surface area contributed by atoms with Gasteiger partial charge < -0.3 is 0 Å². The van der Waals surface area contributed by atoms with Crippen molar-refractivity contribution in [3.8, 4) is 0 Å². The summed E-state index contributed by atoms with van der Waals surface area (Å²) in [5, 5.41) is 1.76. The van der Waals surface area contributed by atoms with Crippen molar-refractivity contribution in [2.45, 2.75) is 26.8 Å². The predicted molar refractivity (Wildman–Crippen MR) is 66.0 cm³/mol. The fourth-order valence-electron chi connectivity index (χ4n) is 1.49. The third-order valence-corrected chi connectivity index (χ3v) is 2.27. The van der Waals surface area contributed by atoms with Gasteiger partial charge in [-0.2, -0.15) is 0 Å². The maximum atomic E-state index is 11.1. The second-order valence-electron chi connectivity index (χ2n) is 4.03. The molecule has 17 heavy (non-hydrogen) atoms. The van der Waals surface area contributed by atoms with E-state index in [9.17, 15) is 9.59 Å². The second-order valence-corrected chi connectivity index (χ2v) is 4.03. The number of nitrogens with one attached hydrogen (secondary N) is 1. The van der Waals surface area contributed by atoms with Crippen molar-refractivity contribution in [1.82, 2.24) is 10.4 Å². The van der Waals surface area contributed by atoms with Gasteiger partial charge in [0.1, 0.15) is 5.78 Å². The Bertz CT molecular complexity index is 376. The zero-order chi connectivity index (χ0) is 12.7. The summed E-state index contributed by atoms with van der Waals surface area (Å²) in [5.74, 6) is -0.00195. The van der Waals surface area contributed by atoms with Crippen LogP contribution in [-0.4, -0.2) is 23.2 Å². The van der Waals surface area contributed by atoms with Gasteiger partial charge in [-0.15, -0.1) is 0 Å². The molecule has 1 aromatic carbocycles. The maximum Gasteiger partial charge on any atom is 0.231 e. The molecule has 0 saturated carbocycles. The molecule has 1 rings (SSSR count). The lowest BCUT2D eigenvalue weighted by molar-refractivity contribution is -0.125. The van der Waals surface area contributed by atoms with Crippen LogP contribution in [0.15, 0.2) is 30.3 Å². The number of rotatable bonds is 6.